The molecule has 1 saturated heterocycles. The maximum absolute atomic E-state index is 12.8. The third-order valence-corrected chi connectivity index (χ3v) is 5.18. The number of aromatic nitrogens is 1. The highest BCUT2D eigenvalue weighted by molar-refractivity contribution is 5.97. The predicted octanol–water partition coefficient (Wildman–Crippen LogP) is 3.10. The normalized spacial score (nSPS) is 16.1. The van der Waals surface area contributed by atoms with Gasteiger partial charge in [-0.05, 0) is 44.4 Å². The Morgan fingerprint density at radius 1 is 1.14 bits per heavy atom. The van der Waals surface area contributed by atoms with E-state index in [0.717, 1.165) is 30.9 Å². The average Bonchev–Trinajstić information content (AvgIpc) is 3.21. The van der Waals surface area contributed by atoms with Crippen molar-refractivity contribution in [3.63, 3.8) is 0 Å². The maximum atomic E-state index is 12.8. The number of anilines is 2. The van der Waals surface area contributed by atoms with E-state index in [1.54, 1.807) is 11.1 Å². The van der Waals surface area contributed by atoms with E-state index in [2.05, 4.69) is 29.0 Å². The lowest BCUT2D eigenvalue weighted by molar-refractivity contribution is -0.136. The minimum atomic E-state index is -0.418. The molecule has 0 aliphatic carbocycles. The van der Waals surface area contributed by atoms with Gasteiger partial charge in [-0.2, -0.15) is 0 Å². The Morgan fingerprint density at radius 2 is 1.89 bits per heavy atom. The first-order chi connectivity index (χ1) is 13.6. The van der Waals surface area contributed by atoms with Crippen LogP contribution in [0.1, 0.15) is 32.3 Å². The van der Waals surface area contributed by atoms with Crippen LogP contribution in [0.15, 0.2) is 48.7 Å². The molecule has 0 bridgehead atoms. The van der Waals surface area contributed by atoms with Crippen molar-refractivity contribution in [3.8, 4) is 0 Å². The fourth-order valence-corrected chi connectivity index (χ4v) is 3.63. The van der Waals surface area contributed by atoms with Crippen LogP contribution in [-0.2, 0) is 16.0 Å². The van der Waals surface area contributed by atoms with E-state index in [1.165, 1.54) is 0 Å². The van der Waals surface area contributed by atoms with Gasteiger partial charge in [-0.15, -0.1) is 0 Å². The zero-order valence-electron chi connectivity index (χ0n) is 16.6. The molecule has 0 spiro atoms. The highest BCUT2D eigenvalue weighted by Gasteiger charge is 2.33. The fraction of sp³-hybridized carbons (Fsp3) is 0.409. The Labute approximate surface area is 166 Å². The van der Waals surface area contributed by atoms with Crippen molar-refractivity contribution in [2.75, 3.05) is 29.9 Å². The second kappa shape index (κ2) is 9.35. The zero-order valence-corrected chi connectivity index (χ0v) is 16.6. The number of nitrogens with one attached hydrogen (secondary N) is 1. The molecule has 0 saturated carbocycles. The molecule has 1 N–H and O–H groups in total. The van der Waals surface area contributed by atoms with Gasteiger partial charge in [0, 0.05) is 19.6 Å². The van der Waals surface area contributed by atoms with Crippen molar-refractivity contribution in [3.05, 3.63) is 54.2 Å². The molecule has 2 amide bonds. The molecule has 1 unspecified atom stereocenters. The van der Waals surface area contributed by atoms with Gasteiger partial charge in [0.25, 0.3) is 0 Å². The van der Waals surface area contributed by atoms with Crippen LogP contribution in [0.5, 0.6) is 0 Å². The molecular weight excluding hydrogens is 352 g/mol. The van der Waals surface area contributed by atoms with Crippen LogP contribution in [0.2, 0.25) is 0 Å². The van der Waals surface area contributed by atoms with Gasteiger partial charge in [-0.3, -0.25) is 9.59 Å². The number of nitrogens with zero attached hydrogens (tertiary/aromatic N) is 3. The molecule has 1 atom stereocenters. The van der Waals surface area contributed by atoms with Gasteiger partial charge >= 0.3 is 0 Å². The van der Waals surface area contributed by atoms with Crippen LogP contribution < -0.4 is 10.2 Å². The number of likely N-dealkylation sites (tertiary alicyclic amines) is 1. The number of benzene rings is 1. The summed E-state index contributed by atoms with van der Waals surface area (Å²) < 4.78 is 0. The number of carbonyl (C=O) groups is 2. The van der Waals surface area contributed by atoms with E-state index in [9.17, 15) is 9.59 Å². The first-order valence-electron chi connectivity index (χ1n) is 9.97. The molecular formula is C22H28N4O2. The van der Waals surface area contributed by atoms with Crippen LogP contribution >= 0.6 is 0 Å². The van der Waals surface area contributed by atoms with Crippen LogP contribution in [0, 0.1) is 0 Å². The third kappa shape index (κ3) is 4.68. The number of hydrogen-bond donors (Lipinski definition) is 1. The molecule has 28 heavy (non-hydrogen) atoms. The van der Waals surface area contributed by atoms with Gasteiger partial charge in [0.05, 0.1) is 18.3 Å². The Morgan fingerprint density at radius 3 is 2.54 bits per heavy atom. The monoisotopic (exact) mass is 380 g/mol. The number of rotatable bonds is 7. The Balaban J connectivity index is 1.62. The third-order valence-electron chi connectivity index (χ3n) is 5.18. The van der Waals surface area contributed by atoms with Crippen LogP contribution in [0.3, 0.4) is 0 Å². The quantitative estimate of drug-likeness (QED) is 0.802. The summed E-state index contributed by atoms with van der Waals surface area (Å²) in [5, 5.41) is 2.92. The number of pyridine rings is 1. The highest BCUT2D eigenvalue weighted by Crippen LogP contribution is 2.21. The van der Waals surface area contributed by atoms with Crippen molar-refractivity contribution >= 4 is 23.3 Å². The Bertz CT molecular complexity index is 788. The lowest BCUT2D eigenvalue weighted by Gasteiger charge is -2.24. The van der Waals surface area contributed by atoms with Gasteiger partial charge in [-0.25, -0.2) is 4.98 Å². The molecule has 3 rings (SSSR count). The van der Waals surface area contributed by atoms with Gasteiger partial charge in [-0.1, -0.05) is 30.3 Å². The molecule has 0 radical (unpaired) electrons. The SMILES string of the molecule is CCN(CC)c1ccc(NC(=O)C2CCCN2C(=O)Cc2ccccc2)cn1. The van der Waals surface area contributed by atoms with E-state index < -0.39 is 6.04 Å². The van der Waals surface area contributed by atoms with Crippen LogP contribution in [0.25, 0.3) is 0 Å². The molecule has 6 nitrogen and oxygen atoms in total. The summed E-state index contributed by atoms with van der Waals surface area (Å²) in [4.78, 5) is 33.8. The van der Waals surface area contributed by atoms with E-state index in [0.29, 0.717) is 25.1 Å². The minimum Gasteiger partial charge on any atom is -0.357 e. The summed E-state index contributed by atoms with van der Waals surface area (Å²) in [6.45, 7) is 6.57. The molecule has 1 aliphatic rings. The number of hydrogen-bond acceptors (Lipinski definition) is 4. The largest absolute Gasteiger partial charge is 0.357 e. The topological polar surface area (TPSA) is 65.5 Å². The van der Waals surface area contributed by atoms with Gasteiger partial charge in [0.2, 0.25) is 11.8 Å². The van der Waals surface area contributed by atoms with Crippen molar-refractivity contribution in [2.24, 2.45) is 0 Å². The standard InChI is InChI=1S/C22H28N4O2/c1-3-25(4-2)20-13-12-18(16-23-20)24-22(28)19-11-8-14-26(19)21(27)15-17-9-6-5-7-10-17/h5-7,9-10,12-13,16,19H,3-4,8,11,14-15H2,1-2H3,(H,24,28). The smallest absolute Gasteiger partial charge is 0.247 e. The molecule has 1 fully saturated rings. The molecule has 1 aromatic heterocycles. The first-order valence-corrected chi connectivity index (χ1v) is 9.97. The van der Waals surface area contributed by atoms with E-state index in [1.807, 2.05) is 42.5 Å². The van der Waals surface area contributed by atoms with Crippen molar-refractivity contribution < 1.29 is 9.59 Å². The van der Waals surface area contributed by atoms with Gasteiger partial charge in [0.15, 0.2) is 0 Å². The van der Waals surface area contributed by atoms with E-state index >= 15 is 0 Å². The van der Waals surface area contributed by atoms with Crippen molar-refractivity contribution in [2.45, 2.75) is 39.2 Å². The van der Waals surface area contributed by atoms with Crippen LogP contribution in [-0.4, -0.2) is 47.4 Å². The summed E-state index contributed by atoms with van der Waals surface area (Å²) in [6.07, 6.45) is 3.54. The summed E-state index contributed by atoms with van der Waals surface area (Å²) in [5.74, 6) is 0.749. The lowest BCUT2D eigenvalue weighted by Crippen LogP contribution is -2.43. The van der Waals surface area contributed by atoms with Crippen molar-refractivity contribution in [1.82, 2.24) is 9.88 Å². The lowest BCUT2D eigenvalue weighted by atomic mass is 10.1. The summed E-state index contributed by atoms with van der Waals surface area (Å²) in [5.41, 5.74) is 1.62. The average molecular weight is 380 g/mol. The molecule has 148 valence electrons. The Hall–Kier alpha value is -2.89. The summed E-state index contributed by atoms with van der Waals surface area (Å²) >= 11 is 0. The number of carbonyl (C=O) groups excluding carboxylic acids is 2. The van der Waals surface area contributed by atoms with Crippen LogP contribution in [0.4, 0.5) is 11.5 Å². The minimum absolute atomic E-state index is 0.00106. The Kier molecular flexibility index (Phi) is 6.63. The first kappa shape index (κ1) is 19.9. The molecule has 6 heteroatoms. The maximum Gasteiger partial charge on any atom is 0.247 e. The van der Waals surface area contributed by atoms with E-state index in [4.69, 9.17) is 0 Å². The van der Waals surface area contributed by atoms with Crippen molar-refractivity contribution in [1.29, 1.82) is 0 Å². The second-order valence-electron chi connectivity index (χ2n) is 6.97. The van der Waals surface area contributed by atoms with Gasteiger partial charge < -0.3 is 15.1 Å². The zero-order chi connectivity index (χ0) is 19.9. The molecule has 1 aromatic carbocycles. The van der Waals surface area contributed by atoms with E-state index in [-0.39, 0.29) is 11.8 Å². The molecule has 1 aliphatic heterocycles. The highest BCUT2D eigenvalue weighted by atomic mass is 16.2. The summed E-state index contributed by atoms with van der Waals surface area (Å²) in [7, 11) is 0. The molecule has 2 heterocycles. The number of amides is 2. The summed E-state index contributed by atoms with van der Waals surface area (Å²) in [6, 6.07) is 13.0. The predicted molar refractivity (Wildman–Crippen MR) is 111 cm³/mol. The fourth-order valence-electron chi connectivity index (χ4n) is 3.63. The second-order valence-corrected chi connectivity index (χ2v) is 6.97. The molecule has 2 aromatic rings. The van der Waals surface area contributed by atoms with Gasteiger partial charge in [0.1, 0.15) is 11.9 Å².